The molecule has 0 unspecified atom stereocenters. The largest absolute Gasteiger partial charge is 0.493 e. The van der Waals surface area contributed by atoms with Crippen molar-refractivity contribution in [3.63, 3.8) is 0 Å². The molecule has 0 aromatic heterocycles. The van der Waals surface area contributed by atoms with Gasteiger partial charge in [-0.1, -0.05) is 24.3 Å². The molecule has 0 spiro atoms. The molecule has 0 fully saturated rings. The zero-order valence-electron chi connectivity index (χ0n) is 17.1. The molecule has 156 valence electrons. The Bertz CT molecular complexity index is 1020. The Morgan fingerprint density at radius 3 is 2.34 bits per heavy atom. The van der Waals surface area contributed by atoms with Crippen LogP contribution >= 0.6 is 0 Å². The van der Waals surface area contributed by atoms with E-state index in [1.54, 1.807) is 17.9 Å². The summed E-state index contributed by atoms with van der Waals surface area (Å²) >= 11 is 0. The van der Waals surface area contributed by atoms with E-state index in [2.05, 4.69) is 6.07 Å². The first-order valence-electron chi connectivity index (χ1n) is 9.41. The lowest BCUT2D eigenvalue weighted by Crippen LogP contribution is -2.37. The summed E-state index contributed by atoms with van der Waals surface area (Å²) in [5.74, 6) is 0.414. The number of carbonyl (C=O) groups excluding carboxylic acids is 1. The van der Waals surface area contributed by atoms with Crippen LogP contribution in [0, 0.1) is 0 Å². The van der Waals surface area contributed by atoms with E-state index in [0.29, 0.717) is 24.6 Å². The maximum Gasteiger partial charge on any atom is 0.256 e. The zero-order chi connectivity index (χ0) is 21.2. The molecule has 0 aliphatic carbocycles. The first kappa shape index (κ1) is 21.0. The van der Waals surface area contributed by atoms with Gasteiger partial charge in [0, 0.05) is 26.2 Å². The van der Waals surface area contributed by atoms with Gasteiger partial charge in [0.05, 0.1) is 31.2 Å². The molecule has 0 saturated heterocycles. The van der Waals surface area contributed by atoms with E-state index in [4.69, 9.17) is 9.47 Å². The predicted molar refractivity (Wildman–Crippen MR) is 112 cm³/mol. The fourth-order valence-electron chi connectivity index (χ4n) is 3.48. The third-order valence-corrected chi connectivity index (χ3v) is 7.03. The van der Waals surface area contributed by atoms with E-state index < -0.39 is 10.0 Å². The minimum atomic E-state index is -3.56. The third-order valence-electron chi connectivity index (χ3n) is 5.27. The van der Waals surface area contributed by atoms with Crippen LogP contribution in [0.1, 0.15) is 28.4 Å². The smallest absolute Gasteiger partial charge is 0.256 e. The van der Waals surface area contributed by atoms with Crippen LogP contribution in [-0.2, 0) is 23.0 Å². The first-order valence-corrected chi connectivity index (χ1v) is 11.0. The normalized spacial score (nSPS) is 13.6. The zero-order valence-corrected chi connectivity index (χ0v) is 18.0. The van der Waals surface area contributed by atoms with Gasteiger partial charge in [0.15, 0.2) is 11.5 Å². The van der Waals surface area contributed by atoms with Crippen molar-refractivity contribution >= 4 is 21.6 Å². The van der Waals surface area contributed by atoms with Crippen molar-refractivity contribution in [2.24, 2.45) is 0 Å². The molecule has 8 heteroatoms. The van der Waals surface area contributed by atoms with E-state index in [1.165, 1.54) is 32.9 Å². The van der Waals surface area contributed by atoms with E-state index in [9.17, 15) is 13.2 Å². The molecule has 3 rings (SSSR count). The van der Waals surface area contributed by atoms with Crippen molar-refractivity contribution in [1.29, 1.82) is 0 Å². The molecule has 0 bridgehead atoms. The molecule has 29 heavy (non-hydrogen) atoms. The van der Waals surface area contributed by atoms with E-state index in [-0.39, 0.29) is 22.9 Å². The second kappa shape index (κ2) is 8.32. The second-order valence-electron chi connectivity index (χ2n) is 6.84. The van der Waals surface area contributed by atoms with Gasteiger partial charge < -0.3 is 14.4 Å². The molecule has 1 heterocycles. The Kier molecular flexibility index (Phi) is 6.02. The number of fused-ring (bicyclic) bond motifs is 1. The van der Waals surface area contributed by atoms with E-state index >= 15 is 0 Å². The molecule has 0 radical (unpaired) electrons. The number of rotatable bonds is 6. The maximum absolute atomic E-state index is 13.4. The maximum atomic E-state index is 13.4. The highest BCUT2D eigenvalue weighted by Crippen LogP contribution is 2.37. The molecule has 2 aromatic rings. The fourth-order valence-corrected chi connectivity index (χ4v) is 4.32. The standard InChI is InChI=1S/C21H26N2O5S/c1-5-29(25,26)22(2)18-13-20(28-4)19(27-3)12-17(18)21(24)23-11-10-15-8-6-7-9-16(15)14-23/h6-9,12-13H,5,10-11,14H2,1-4H3. The summed E-state index contributed by atoms with van der Waals surface area (Å²) in [5.41, 5.74) is 2.87. The van der Waals surface area contributed by atoms with Crippen LogP contribution in [0.25, 0.3) is 0 Å². The van der Waals surface area contributed by atoms with Gasteiger partial charge in [0.25, 0.3) is 5.91 Å². The number of amides is 1. The van der Waals surface area contributed by atoms with Gasteiger partial charge >= 0.3 is 0 Å². The van der Waals surface area contributed by atoms with E-state index in [1.807, 2.05) is 18.2 Å². The highest BCUT2D eigenvalue weighted by Gasteiger charge is 2.29. The molecular formula is C21H26N2O5S. The van der Waals surface area contributed by atoms with Gasteiger partial charge in [0.2, 0.25) is 10.0 Å². The summed E-state index contributed by atoms with van der Waals surface area (Å²) in [6, 6.07) is 11.1. The van der Waals surface area contributed by atoms with Crippen molar-refractivity contribution in [2.45, 2.75) is 19.9 Å². The highest BCUT2D eigenvalue weighted by atomic mass is 32.2. The lowest BCUT2D eigenvalue weighted by atomic mass is 9.99. The Morgan fingerprint density at radius 2 is 1.72 bits per heavy atom. The number of hydrogen-bond acceptors (Lipinski definition) is 5. The van der Waals surface area contributed by atoms with Crippen molar-refractivity contribution in [2.75, 3.05) is 37.9 Å². The average Bonchev–Trinajstić information content (AvgIpc) is 2.76. The SMILES string of the molecule is CCS(=O)(=O)N(C)c1cc(OC)c(OC)cc1C(=O)N1CCc2ccccc2C1. The monoisotopic (exact) mass is 418 g/mol. The molecule has 1 amide bonds. The number of benzene rings is 2. The van der Waals surface area contributed by atoms with Crippen LogP contribution < -0.4 is 13.8 Å². The molecule has 2 aromatic carbocycles. The van der Waals surface area contributed by atoms with Gasteiger partial charge in [-0.25, -0.2) is 8.42 Å². The van der Waals surface area contributed by atoms with Crippen molar-refractivity contribution < 1.29 is 22.7 Å². The lowest BCUT2D eigenvalue weighted by Gasteiger charge is -2.31. The first-order chi connectivity index (χ1) is 13.8. The second-order valence-corrected chi connectivity index (χ2v) is 9.13. The minimum absolute atomic E-state index is 0.0808. The number of hydrogen-bond donors (Lipinski definition) is 0. The number of ether oxygens (including phenoxy) is 2. The molecule has 1 aliphatic rings. The number of nitrogens with zero attached hydrogens (tertiary/aromatic N) is 2. The predicted octanol–water partition coefficient (Wildman–Crippen LogP) is 2.69. The molecule has 0 saturated carbocycles. The average molecular weight is 419 g/mol. The van der Waals surface area contributed by atoms with Crippen LogP contribution in [-0.4, -0.2) is 52.8 Å². The van der Waals surface area contributed by atoms with Gasteiger partial charge in [-0.3, -0.25) is 9.10 Å². The Hall–Kier alpha value is -2.74. The summed E-state index contributed by atoms with van der Waals surface area (Å²) in [7, 11) is 0.835. The number of sulfonamides is 1. The number of carbonyl (C=O) groups is 1. The summed E-state index contributed by atoms with van der Waals surface area (Å²) in [4.78, 5) is 15.2. The molecule has 7 nitrogen and oxygen atoms in total. The highest BCUT2D eigenvalue weighted by molar-refractivity contribution is 7.92. The fraction of sp³-hybridized carbons (Fsp3) is 0.381. The summed E-state index contributed by atoms with van der Waals surface area (Å²) in [5, 5.41) is 0. The van der Waals surface area contributed by atoms with Crippen LogP contribution in [0.4, 0.5) is 5.69 Å². The van der Waals surface area contributed by atoms with Crippen LogP contribution in [0.5, 0.6) is 11.5 Å². The topological polar surface area (TPSA) is 76.1 Å². The van der Waals surface area contributed by atoms with Gasteiger partial charge in [0.1, 0.15) is 0 Å². The molecule has 0 atom stereocenters. The van der Waals surface area contributed by atoms with Gasteiger partial charge in [-0.2, -0.15) is 0 Å². The van der Waals surface area contributed by atoms with Crippen LogP contribution in [0.15, 0.2) is 36.4 Å². The quantitative estimate of drug-likeness (QED) is 0.721. The van der Waals surface area contributed by atoms with Crippen molar-refractivity contribution in [3.05, 3.63) is 53.1 Å². The van der Waals surface area contributed by atoms with Gasteiger partial charge in [-0.15, -0.1) is 0 Å². The summed E-state index contributed by atoms with van der Waals surface area (Å²) in [6.45, 7) is 2.61. The summed E-state index contributed by atoms with van der Waals surface area (Å²) in [6.07, 6.45) is 0.758. The number of anilines is 1. The van der Waals surface area contributed by atoms with Crippen molar-refractivity contribution in [1.82, 2.24) is 4.90 Å². The Morgan fingerprint density at radius 1 is 1.10 bits per heavy atom. The lowest BCUT2D eigenvalue weighted by molar-refractivity contribution is 0.0735. The van der Waals surface area contributed by atoms with Crippen molar-refractivity contribution in [3.8, 4) is 11.5 Å². The minimum Gasteiger partial charge on any atom is -0.493 e. The number of methoxy groups -OCH3 is 2. The van der Waals surface area contributed by atoms with E-state index in [0.717, 1.165) is 16.3 Å². The molecular weight excluding hydrogens is 392 g/mol. The molecule has 1 aliphatic heterocycles. The van der Waals surface area contributed by atoms with Gasteiger partial charge in [-0.05, 0) is 30.5 Å². The van der Waals surface area contributed by atoms with Crippen LogP contribution in [0.2, 0.25) is 0 Å². The molecule has 0 N–H and O–H groups in total. The Labute approximate surface area is 171 Å². The van der Waals surface area contributed by atoms with Crippen LogP contribution in [0.3, 0.4) is 0 Å². The Balaban J connectivity index is 2.06. The third kappa shape index (κ3) is 4.03. The summed E-state index contributed by atoms with van der Waals surface area (Å²) < 4.78 is 36.8.